The van der Waals surface area contributed by atoms with E-state index < -0.39 is 0 Å². The lowest BCUT2D eigenvalue weighted by molar-refractivity contribution is -0.123. The van der Waals surface area contributed by atoms with Gasteiger partial charge in [-0.25, -0.2) is 0 Å². The first-order valence-electron chi connectivity index (χ1n) is 5.88. The maximum absolute atomic E-state index is 12.1. The van der Waals surface area contributed by atoms with E-state index in [2.05, 4.69) is 32.9 Å². The molecule has 0 fully saturated rings. The van der Waals surface area contributed by atoms with Gasteiger partial charge in [0.05, 0.1) is 0 Å². The fraction of sp³-hybridized carbons (Fsp3) is 0.643. The monoisotopic (exact) mass is 206 g/mol. The van der Waals surface area contributed by atoms with Crippen LogP contribution in [0.15, 0.2) is 24.3 Å². The van der Waals surface area contributed by atoms with Crippen LogP contribution in [0.4, 0.5) is 0 Å². The minimum absolute atomic E-state index is 0.144. The van der Waals surface area contributed by atoms with Gasteiger partial charge in [-0.2, -0.15) is 0 Å². The van der Waals surface area contributed by atoms with E-state index in [9.17, 15) is 4.79 Å². The summed E-state index contributed by atoms with van der Waals surface area (Å²) in [7, 11) is 0. The highest BCUT2D eigenvalue weighted by Gasteiger charge is 2.40. The van der Waals surface area contributed by atoms with E-state index in [0.717, 1.165) is 12.8 Å². The first-order chi connectivity index (χ1) is 7.05. The molecule has 0 aromatic carbocycles. The maximum Gasteiger partial charge on any atom is 0.159 e. The summed E-state index contributed by atoms with van der Waals surface area (Å²) in [5, 5.41) is 0. The Morgan fingerprint density at radius 2 is 2.27 bits per heavy atom. The van der Waals surface area contributed by atoms with E-state index in [4.69, 9.17) is 0 Å². The van der Waals surface area contributed by atoms with E-state index in [-0.39, 0.29) is 11.3 Å². The maximum atomic E-state index is 12.1. The average molecular weight is 206 g/mol. The number of carbonyl (C=O) groups is 1. The van der Waals surface area contributed by atoms with Crippen LogP contribution in [0.5, 0.6) is 0 Å². The normalized spacial score (nSPS) is 36.0. The molecular weight excluding hydrogens is 184 g/mol. The first-order valence-corrected chi connectivity index (χ1v) is 5.88. The smallest absolute Gasteiger partial charge is 0.159 e. The number of allylic oxidation sites excluding steroid dienone is 4. The predicted octanol–water partition coefficient (Wildman–Crippen LogP) is 3.76. The lowest BCUT2D eigenvalue weighted by atomic mass is 9.63. The minimum Gasteiger partial charge on any atom is -0.295 e. The first kappa shape index (κ1) is 12.2. The van der Waals surface area contributed by atoms with Gasteiger partial charge in [-0.1, -0.05) is 39.0 Å². The largest absolute Gasteiger partial charge is 0.295 e. The molecule has 0 saturated carbocycles. The second-order valence-corrected chi connectivity index (χ2v) is 4.88. The Balaban J connectivity index is 2.99. The van der Waals surface area contributed by atoms with Crippen LogP contribution in [-0.2, 0) is 4.79 Å². The van der Waals surface area contributed by atoms with E-state index in [0.29, 0.717) is 11.7 Å². The molecule has 1 aliphatic carbocycles. The Kier molecular flexibility index (Phi) is 3.90. The summed E-state index contributed by atoms with van der Waals surface area (Å²) in [5.41, 5.74) is 0.144. The molecule has 0 aliphatic heterocycles. The molecule has 0 aromatic rings. The highest BCUT2D eigenvalue weighted by atomic mass is 16.1. The Bertz CT molecular complexity index is 288. The molecule has 1 nitrogen and oxygen atoms in total. The quantitative estimate of drug-likeness (QED) is 0.507. The van der Waals surface area contributed by atoms with Crippen molar-refractivity contribution >= 4 is 5.78 Å². The van der Waals surface area contributed by atoms with Gasteiger partial charge in [-0.3, -0.25) is 4.79 Å². The van der Waals surface area contributed by atoms with Crippen LogP contribution in [0.3, 0.4) is 0 Å². The topological polar surface area (TPSA) is 17.1 Å². The van der Waals surface area contributed by atoms with Gasteiger partial charge < -0.3 is 0 Å². The highest BCUT2D eigenvalue weighted by molar-refractivity contribution is 5.92. The summed E-state index contributed by atoms with van der Waals surface area (Å²) >= 11 is 0. The van der Waals surface area contributed by atoms with Crippen molar-refractivity contribution in [3.8, 4) is 0 Å². The Labute approximate surface area is 93.3 Å². The van der Waals surface area contributed by atoms with Gasteiger partial charge in [-0.15, -0.1) is 0 Å². The Morgan fingerprint density at radius 3 is 2.80 bits per heavy atom. The Morgan fingerprint density at radius 1 is 1.60 bits per heavy atom. The summed E-state index contributed by atoms with van der Waals surface area (Å²) in [6.07, 6.45) is 10.1. The van der Waals surface area contributed by atoms with Crippen LogP contribution >= 0.6 is 0 Å². The van der Waals surface area contributed by atoms with Crippen molar-refractivity contribution in [2.45, 2.75) is 40.5 Å². The molecule has 15 heavy (non-hydrogen) atoms. The number of rotatable bonds is 3. The average Bonchev–Trinajstić information content (AvgIpc) is 2.18. The fourth-order valence-electron chi connectivity index (χ4n) is 2.66. The molecule has 0 heterocycles. The molecule has 0 saturated heterocycles. The molecule has 0 bridgehead atoms. The van der Waals surface area contributed by atoms with Crippen molar-refractivity contribution in [3.05, 3.63) is 24.3 Å². The number of ketones is 1. The van der Waals surface area contributed by atoms with Crippen LogP contribution < -0.4 is 0 Å². The van der Waals surface area contributed by atoms with Gasteiger partial charge in [0.1, 0.15) is 0 Å². The molecular formula is C14H22O. The number of hydrogen-bond acceptors (Lipinski definition) is 1. The molecule has 0 N–H and O–H groups in total. The van der Waals surface area contributed by atoms with Crippen molar-refractivity contribution in [3.63, 3.8) is 0 Å². The molecule has 1 heteroatoms. The van der Waals surface area contributed by atoms with Gasteiger partial charge in [0.15, 0.2) is 5.78 Å². The molecule has 1 aliphatic rings. The predicted molar refractivity (Wildman–Crippen MR) is 64.6 cm³/mol. The summed E-state index contributed by atoms with van der Waals surface area (Å²) in [6, 6.07) is 0. The van der Waals surface area contributed by atoms with Gasteiger partial charge in [0.2, 0.25) is 0 Å². The summed E-state index contributed by atoms with van der Waals surface area (Å²) in [4.78, 5) is 12.1. The SMILES string of the molecule is CC=CC(=O)C1C(C)C=CCC1(C)CC. The summed E-state index contributed by atoms with van der Waals surface area (Å²) in [5.74, 6) is 0.815. The molecule has 1 rings (SSSR count). The van der Waals surface area contributed by atoms with Crippen LogP contribution in [0.1, 0.15) is 40.5 Å². The van der Waals surface area contributed by atoms with Gasteiger partial charge in [0.25, 0.3) is 0 Å². The third-order valence-electron chi connectivity index (χ3n) is 3.75. The zero-order valence-corrected chi connectivity index (χ0v) is 10.3. The second-order valence-electron chi connectivity index (χ2n) is 4.88. The van der Waals surface area contributed by atoms with Crippen molar-refractivity contribution in [1.82, 2.24) is 0 Å². The molecule has 3 atom stereocenters. The van der Waals surface area contributed by atoms with Gasteiger partial charge in [0, 0.05) is 5.92 Å². The zero-order chi connectivity index (χ0) is 11.5. The third-order valence-corrected chi connectivity index (χ3v) is 3.75. The standard InChI is InChI=1S/C14H22O/c1-5-8-12(15)13-11(3)9-7-10-14(13,4)6-2/h5,7-9,11,13H,6,10H2,1-4H3. The molecule has 0 aromatic heterocycles. The van der Waals surface area contributed by atoms with E-state index >= 15 is 0 Å². The fourth-order valence-corrected chi connectivity index (χ4v) is 2.66. The molecule has 0 radical (unpaired) electrons. The van der Waals surface area contributed by atoms with Crippen molar-refractivity contribution in [1.29, 1.82) is 0 Å². The number of hydrogen-bond donors (Lipinski definition) is 0. The van der Waals surface area contributed by atoms with E-state index in [1.54, 1.807) is 6.08 Å². The van der Waals surface area contributed by atoms with Crippen LogP contribution in [0.2, 0.25) is 0 Å². The van der Waals surface area contributed by atoms with Gasteiger partial charge in [-0.05, 0) is 37.2 Å². The van der Waals surface area contributed by atoms with Crippen molar-refractivity contribution < 1.29 is 4.79 Å². The molecule has 3 unspecified atom stereocenters. The van der Waals surface area contributed by atoms with E-state index in [1.165, 1.54) is 0 Å². The third kappa shape index (κ3) is 2.39. The minimum atomic E-state index is 0.144. The molecule has 0 amide bonds. The lowest BCUT2D eigenvalue weighted by Gasteiger charge is -2.40. The van der Waals surface area contributed by atoms with Crippen molar-refractivity contribution in [2.24, 2.45) is 17.3 Å². The van der Waals surface area contributed by atoms with Crippen LogP contribution in [0, 0.1) is 17.3 Å². The summed E-state index contributed by atoms with van der Waals surface area (Å²) in [6.45, 7) is 8.47. The van der Waals surface area contributed by atoms with Crippen LogP contribution in [-0.4, -0.2) is 5.78 Å². The Hall–Kier alpha value is -0.850. The highest BCUT2D eigenvalue weighted by Crippen LogP contribution is 2.43. The molecule has 84 valence electrons. The van der Waals surface area contributed by atoms with Crippen molar-refractivity contribution in [2.75, 3.05) is 0 Å². The second kappa shape index (κ2) is 4.78. The summed E-state index contributed by atoms with van der Waals surface area (Å²) < 4.78 is 0. The van der Waals surface area contributed by atoms with Crippen LogP contribution in [0.25, 0.3) is 0 Å². The van der Waals surface area contributed by atoms with E-state index in [1.807, 2.05) is 13.0 Å². The lowest BCUT2D eigenvalue weighted by Crippen LogP contribution is -2.38. The van der Waals surface area contributed by atoms with Gasteiger partial charge >= 0.3 is 0 Å². The number of carbonyl (C=O) groups excluding carboxylic acids is 1. The molecule has 0 spiro atoms. The zero-order valence-electron chi connectivity index (χ0n) is 10.3.